The van der Waals surface area contributed by atoms with E-state index in [-0.39, 0.29) is 5.91 Å². The fourth-order valence-electron chi connectivity index (χ4n) is 3.30. The Morgan fingerprint density at radius 3 is 2.83 bits per heavy atom. The van der Waals surface area contributed by atoms with Crippen LogP contribution in [0.3, 0.4) is 0 Å². The lowest BCUT2D eigenvalue weighted by molar-refractivity contribution is -0.133. The number of aromatic nitrogens is 2. The number of hydrogen-bond donors (Lipinski definition) is 1. The molecule has 1 aromatic heterocycles. The average molecular weight is 319 g/mol. The molecule has 1 saturated carbocycles. The van der Waals surface area contributed by atoms with Crippen molar-refractivity contribution in [3.05, 3.63) is 11.7 Å². The number of nitrogens with one attached hydrogen (secondary N) is 1. The molecule has 0 radical (unpaired) electrons. The maximum atomic E-state index is 11.9. The van der Waals surface area contributed by atoms with Crippen LogP contribution in [0.2, 0.25) is 0 Å². The summed E-state index contributed by atoms with van der Waals surface area (Å²) in [4.78, 5) is 20.7. The summed E-state index contributed by atoms with van der Waals surface area (Å²) >= 11 is 0. The highest BCUT2D eigenvalue weighted by Gasteiger charge is 2.30. The first kappa shape index (κ1) is 15.1. The van der Waals surface area contributed by atoms with Crippen molar-refractivity contribution in [2.45, 2.75) is 50.6 Å². The van der Waals surface area contributed by atoms with Crippen LogP contribution < -0.4 is 5.32 Å². The molecule has 7 nitrogen and oxygen atoms in total. The third-order valence-electron chi connectivity index (χ3n) is 5.03. The van der Waals surface area contributed by atoms with Crippen molar-refractivity contribution in [2.75, 3.05) is 32.7 Å². The van der Waals surface area contributed by atoms with Gasteiger partial charge in [0.05, 0.1) is 13.1 Å². The number of likely N-dealkylation sites (tertiary alicyclic amines) is 2. The van der Waals surface area contributed by atoms with Gasteiger partial charge in [0, 0.05) is 31.6 Å². The van der Waals surface area contributed by atoms with E-state index < -0.39 is 0 Å². The maximum absolute atomic E-state index is 11.9. The van der Waals surface area contributed by atoms with E-state index in [0.29, 0.717) is 18.5 Å². The first-order valence-corrected chi connectivity index (χ1v) is 8.84. The van der Waals surface area contributed by atoms with Crippen LogP contribution in [0.4, 0.5) is 0 Å². The van der Waals surface area contributed by atoms with Crippen LogP contribution in [0.1, 0.15) is 49.7 Å². The van der Waals surface area contributed by atoms with Crippen molar-refractivity contribution in [2.24, 2.45) is 0 Å². The highest BCUT2D eigenvalue weighted by molar-refractivity contribution is 5.78. The van der Waals surface area contributed by atoms with Gasteiger partial charge in [-0.05, 0) is 38.6 Å². The minimum Gasteiger partial charge on any atom is -0.341 e. The van der Waals surface area contributed by atoms with E-state index in [1.807, 2.05) is 4.90 Å². The number of rotatable bonds is 6. The van der Waals surface area contributed by atoms with E-state index in [1.165, 1.54) is 12.8 Å². The molecule has 126 valence electrons. The number of carbonyl (C=O) groups is 1. The molecule has 23 heavy (non-hydrogen) atoms. The van der Waals surface area contributed by atoms with Gasteiger partial charge in [-0.15, -0.1) is 0 Å². The van der Waals surface area contributed by atoms with Gasteiger partial charge in [0.1, 0.15) is 0 Å². The third-order valence-corrected chi connectivity index (χ3v) is 5.03. The summed E-state index contributed by atoms with van der Waals surface area (Å²) in [5.41, 5.74) is 0. The van der Waals surface area contributed by atoms with E-state index in [1.54, 1.807) is 0 Å². The van der Waals surface area contributed by atoms with Crippen LogP contribution in [-0.2, 0) is 11.3 Å². The summed E-state index contributed by atoms with van der Waals surface area (Å²) in [6.45, 7) is 5.07. The SMILES string of the molecule is O=C(CNC1CCCN(Cc2noc(C3CC3)n2)C1)N1CCC1. The Hall–Kier alpha value is -1.47. The number of piperidine rings is 1. The Morgan fingerprint density at radius 1 is 1.22 bits per heavy atom. The van der Waals surface area contributed by atoms with E-state index in [4.69, 9.17) is 4.52 Å². The summed E-state index contributed by atoms with van der Waals surface area (Å²) < 4.78 is 5.33. The van der Waals surface area contributed by atoms with Crippen molar-refractivity contribution >= 4 is 5.91 Å². The van der Waals surface area contributed by atoms with Crippen molar-refractivity contribution < 1.29 is 9.32 Å². The minimum absolute atomic E-state index is 0.237. The first-order chi connectivity index (χ1) is 11.3. The molecule has 3 aliphatic rings. The zero-order chi connectivity index (χ0) is 15.6. The molecule has 3 fully saturated rings. The Balaban J connectivity index is 1.23. The topological polar surface area (TPSA) is 74.5 Å². The highest BCUT2D eigenvalue weighted by Crippen LogP contribution is 2.38. The fourth-order valence-corrected chi connectivity index (χ4v) is 3.30. The second kappa shape index (κ2) is 6.57. The Kier molecular flexibility index (Phi) is 4.31. The van der Waals surface area contributed by atoms with Gasteiger partial charge >= 0.3 is 0 Å². The predicted molar refractivity (Wildman–Crippen MR) is 83.8 cm³/mol. The van der Waals surface area contributed by atoms with Crippen LogP contribution >= 0.6 is 0 Å². The van der Waals surface area contributed by atoms with Crippen molar-refractivity contribution in [3.63, 3.8) is 0 Å². The van der Waals surface area contributed by atoms with Gasteiger partial charge in [0.15, 0.2) is 5.82 Å². The number of nitrogens with zero attached hydrogens (tertiary/aromatic N) is 4. The molecule has 0 aromatic carbocycles. The summed E-state index contributed by atoms with van der Waals surface area (Å²) in [6.07, 6.45) is 5.79. The first-order valence-electron chi connectivity index (χ1n) is 8.84. The molecule has 2 saturated heterocycles. The van der Waals surface area contributed by atoms with Crippen molar-refractivity contribution in [1.29, 1.82) is 0 Å². The van der Waals surface area contributed by atoms with Gasteiger partial charge < -0.3 is 14.7 Å². The quantitative estimate of drug-likeness (QED) is 0.833. The van der Waals surface area contributed by atoms with Crippen molar-refractivity contribution in [1.82, 2.24) is 25.3 Å². The van der Waals surface area contributed by atoms with Crippen LogP contribution in [0.25, 0.3) is 0 Å². The zero-order valence-electron chi connectivity index (χ0n) is 13.5. The summed E-state index contributed by atoms with van der Waals surface area (Å²) in [5.74, 6) is 2.36. The minimum atomic E-state index is 0.237. The molecule has 1 N–H and O–H groups in total. The third kappa shape index (κ3) is 3.72. The predicted octanol–water partition coefficient (Wildman–Crippen LogP) is 0.733. The van der Waals surface area contributed by atoms with Crippen LogP contribution in [0.15, 0.2) is 4.52 Å². The number of carbonyl (C=O) groups excluding carboxylic acids is 1. The Labute approximate surface area is 136 Å². The van der Waals surface area contributed by atoms with Crippen molar-refractivity contribution in [3.8, 4) is 0 Å². The molecule has 3 heterocycles. The standard InChI is InChI=1S/C16H25N5O2/c22-15(21-7-2-8-21)9-17-13-3-1-6-20(10-13)11-14-18-16(23-19-14)12-4-5-12/h12-13,17H,1-11H2. The van der Waals surface area contributed by atoms with Gasteiger partial charge in [0.25, 0.3) is 0 Å². The van der Waals surface area contributed by atoms with Gasteiger partial charge in [-0.3, -0.25) is 9.69 Å². The molecule has 1 atom stereocenters. The Morgan fingerprint density at radius 2 is 2.09 bits per heavy atom. The largest absolute Gasteiger partial charge is 0.341 e. The van der Waals surface area contributed by atoms with Gasteiger partial charge in [-0.1, -0.05) is 5.16 Å². The lowest BCUT2D eigenvalue weighted by Crippen LogP contribution is -2.51. The lowest BCUT2D eigenvalue weighted by Gasteiger charge is -2.34. The smallest absolute Gasteiger partial charge is 0.236 e. The average Bonchev–Trinajstić information content (AvgIpc) is 3.24. The van der Waals surface area contributed by atoms with E-state index in [2.05, 4.69) is 20.4 Å². The van der Waals surface area contributed by atoms with Gasteiger partial charge in [0.2, 0.25) is 11.8 Å². The van der Waals surface area contributed by atoms with Gasteiger partial charge in [-0.25, -0.2) is 0 Å². The second-order valence-corrected chi connectivity index (χ2v) is 7.01. The number of amides is 1. The molecule has 1 unspecified atom stereocenters. The molecule has 7 heteroatoms. The summed E-state index contributed by atoms with van der Waals surface area (Å²) in [7, 11) is 0. The molecule has 1 aromatic rings. The second-order valence-electron chi connectivity index (χ2n) is 7.01. The fraction of sp³-hybridized carbons (Fsp3) is 0.812. The maximum Gasteiger partial charge on any atom is 0.236 e. The van der Waals surface area contributed by atoms with E-state index in [0.717, 1.165) is 63.7 Å². The van der Waals surface area contributed by atoms with Gasteiger partial charge in [-0.2, -0.15) is 4.98 Å². The normalized spacial score (nSPS) is 25.4. The molecular weight excluding hydrogens is 294 g/mol. The zero-order valence-corrected chi connectivity index (χ0v) is 13.5. The molecule has 1 aliphatic carbocycles. The van der Waals surface area contributed by atoms with Crippen LogP contribution in [0.5, 0.6) is 0 Å². The Bertz CT molecular complexity index is 552. The van der Waals surface area contributed by atoms with E-state index >= 15 is 0 Å². The van der Waals surface area contributed by atoms with Crippen LogP contribution in [0, 0.1) is 0 Å². The molecular formula is C16H25N5O2. The molecule has 2 aliphatic heterocycles. The monoisotopic (exact) mass is 319 g/mol. The summed E-state index contributed by atoms with van der Waals surface area (Å²) in [5, 5.41) is 7.53. The molecule has 0 bridgehead atoms. The highest BCUT2D eigenvalue weighted by atomic mass is 16.5. The summed E-state index contributed by atoms with van der Waals surface area (Å²) in [6, 6.07) is 0.379. The molecule has 4 rings (SSSR count). The molecule has 1 amide bonds. The van der Waals surface area contributed by atoms with Crippen LogP contribution in [-0.4, -0.2) is 64.6 Å². The van der Waals surface area contributed by atoms with E-state index in [9.17, 15) is 4.79 Å². The lowest BCUT2D eigenvalue weighted by atomic mass is 10.1. The number of hydrogen-bond acceptors (Lipinski definition) is 6. The molecule has 0 spiro atoms.